The second kappa shape index (κ2) is 5.36. The quantitative estimate of drug-likeness (QED) is 0.870. The molecule has 1 atom stereocenters. The fourth-order valence-corrected chi connectivity index (χ4v) is 1.30. The van der Waals surface area contributed by atoms with Crippen molar-refractivity contribution in [2.45, 2.75) is 13.0 Å². The van der Waals surface area contributed by atoms with Crippen LogP contribution in [-0.4, -0.2) is 19.1 Å². The van der Waals surface area contributed by atoms with Crippen LogP contribution in [0.25, 0.3) is 0 Å². The highest BCUT2D eigenvalue weighted by Crippen LogP contribution is 2.23. The summed E-state index contributed by atoms with van der Waals surface area (Å²) in [5, 5.41) is 2.29. The summed E-state index contributed by atoms with van der Waals surface area (Å²) < 4.78 is 31.0. The maximum absolute atomic E-state index is 13.2. The summed E-state index contributed by atoms with van der Waals surface area (Å²) >= 11 is 2.90. The van der Waals surface area contributed by atoms with E-state index in [-0.39, 0.29) is 10.2 Å². The average molecular weight is 294 g/mol. The molecule has 6 heteroatoms. The largest absolute Gasteiger partial charge is 0.372 e. The summed E-state index contributed by atoms with van der Waals surface area (Å²) in [5.41, 5.74) is -0.0952. The van der Waals surface area contributed by atoms with Crippen molar-refractivity contribution in [2.75, 3.05) is 12.4 Å². The Labute approximate surface area is 99.9 Å². The summed E-state index contributed by atoms with van der Waals surface area (Å²) in [7, 11) is 1.36. The number of ether oxygens (including phenoxy) is 1. The van der Waals surface area contributed by atoms with E-state index in [9.17, 15) is 13.6 Å². The van der Waals surface area contributed by atoms with Gasteiger partial charge in [0.1, 0.15) is 17.7 Å². The van der Waals surface area contributed by atoms with Gasteiger partial charge < -0.3 is 10.1 Å². The molecule has 0 aromatic heterocycles. The second-order valence-electron chi connectivity index (χ2n) is 3.11. The van der Waals surface area contributed by atoms with E-state index in [0.29, 0.717) is 6.07 Å². The molecule has 0 fully saturated rings. The highest BCUT2D eigenvalue weighted by atomic mass is 79.9. The number of rotatable bonds is 3. The summed E-state index contributed by atoms with van der Waals surface area (Å²) in [6.45, 7) is 1.52. The van der Waals surface area contributed by atoms with Crippen molar-refractivity contribution in [3.8, 4) is 0 Å². The van der Waals surface area contributed by atoms with Gasteiger partial charge in [0.25, 0.3) is 5.91 Å². The number of halogens is 3. The van der Waals surface area contributed by atoms with Crippen LogP contribution >= 0.6 is 15.9 Å². The molecule has 1 aromatic rings. The number of hydrogen-bond acceptors (Lipinski definition) is 2. The molecule has 16 heavy (non-hydrogen) atoms. The molecule has 0 saturated heterocycles. The molecule has 1 aromatic carbocycles. The summed E-state index contributed by atoms with van der Waals surface area (Å²) in [6.07, 6.45) is -0.705. The maximum atomic E-state index is 13.2. The third-order valence-corrected chi connectivity index (χ3v) is 2.60. The molecule has 88 valence electrons. The van der Waals surface area contributed by atoms with Gasteiger partial charge in [-0.15, -0.1) is 0 Å². The van der Waals surface area contributed by atoms with Gasteiger partial charge in [0.2, 0.25) is 0 Å². The van der Waals surface area contributed by atoms with Gasteiger partial charge in [0.15, 0.2) is 0 Å². The zero-order valence-electron chi connectivity index (χ0n) is 8.68. The SMILES string of the molecule is COC(C)C(=O)Nc1cc(Br)c(F)cc1F. The molecule has 0 heterocycles. The first-order chi connectivity index (χ1) is 7.45. The van der Waals surface area contributed by atoms with Crippen LogP contribution in [0, 0.1) is 11.6 Å². The zero-order valence-corrected chi connectivity index (χ0v) is 10.3. The van der Waals surface area contributed by atoms with Crippen LogP contribution < -0.4 is 5.32 Å². The monoisotopic (exact) mass is 293 g/mol. The molecule has 3 nitrogen and oxygen atoms in total. The molecule has 1 amide bonds. The molecule has 0 spiro atoms. The van der Waals surface area contributed by atoms with Crippen LogP contribution in [0.15, 0.2) is 16.6 Å². The number of amides is 1. The predicted octanol–water partition coefficient (Wildman–Crippen LogP) is 2.70. The van der Waals surface area contributed by atoms with E-state index in [1.54, 1.807) is 0 Å². The summed E-state index contributed by atoms with van der Waals surface area (Å²) in [6, 6.07) is 1.85. The van der Waals surface area contributed by atoms with E-state index < -0.39 is 23.6 Å². The Balaban J connectivity index is 2.90. The fourth-order valence-electron chi connectivity index (χ4n) is 0.960. The lowest BCUT2D eigenvalue weighted by atomic mass is 10.2. The Morgan fingerprint density at radius 2 is 2.06 bits per heavy atom. The minimum atomic E-state index is -0.836. The Morgan fingerprint density at radius 3 is 2.62 bits per heavy atom. The van der Waals surface area contributed by atoms with E-state index in [2.05, 4.69) is 21.2 Å². The van der Waals surface area contributed by atoms with Gasteiger partial charge in [-0.2, -0.15) is 0 Å². The first kappa shape index (κ1) is 13.1. The van der Waals surface area contributed by atoms with E-state index in [1.807, 2.05) is 0 Å². The molecule has 0 bridgehead atoms. The van der Waals surface area contributed by atoms with Crippen LogP contribution in [0.2, 0.25) is 0 Å². The summed E-state index contributed by atoms with van der Waals surface area (Å²) in [5.74, 6) is -2.06. The van der Waals surface area contributed by atoms with Crippen molar-refractivity contribution in [3.05, 3.63) is 28.2 Å². The smallest absolute Gasteiger partial charge is 0.253 e. The Morgan fingerprint density at radius 1 is 1.44 bits per heavy atom. The summed E-state index contributed by atoms with van der Waals surface area (Å²) in [4.78, 5) is 11.4. The number of carbonyl (C=O) groups is 1. The Bertz CT molecular complexity index is 412. The van der Waals surface area contributed by atoms with Crippen LogP contribution in [0.3, 0.4) is 0 Å². The average Bonchev–Trinajstić information content (AvgIpc) is 2.24. The highest BCUT2D eigenvalue weighted by molar-refractivity contribution is 9.10. The standard InChI is InChI=1S/C10H10BrF2NO2/c1-5(16-2)10(15)14-9-3-6(11)7(12)4-8(9)13/h3-5H,1-2H3,(H,14,15). The van der Waals surface area contributed by atoms with E-state index in [0.717, 1.165) is 6.07 Å². The van der Waals surface area contributed by atoms with Gasteiger partial charge in [-0.25, -0.2) is 8.78 Å². The van der Waals surface area contributed by atoms with Gasteiger partial charge in [-0.1, -0.05) is 0 Å². The van der Waals surface area contributed by atoms with E-state index in [4.69, 9.17) is 4.74 Å². The minimum Gasteiger partial charge on any atom is -0.372 e. The van der Waals surface area contributed by atoms with Crippen molar-refractivity contribution in [3.63, 3.8) is 0 Å². The fraction of sp³-hybridized carbons (Fsp3) is 0.300. The van der Waals surface area contributed by atoms with Gasteiger partial charge in [0, 0.05) is 13.2 Å². The molecule has 0 aliphatic heterocycles. The Kier molecular flexibility index (Phi) is 4.37. The minimum absolute atomic E-state index is 0.0780. The third kappa shape index (κ3) is 2.99. The first-order valence-electron chi connectivity index (χ1n) is 4.44. The molecule has 1 unspecified atom stereocenters. The number of methoxy groups -OCH3 is 1. The first-order valence-corrected chi connectivity index (χ1v) is 5.23. The van der Waals surface area contributed by atoms with Gasteiger partial charge >= 0.3 is 0 Å². The number of benzene rings is 1. The number of anilines is 1. The molecular formula is C10H10BrF2NO2. The molecule has 0 radical (unpaired) electrons. The van der Waals surface area contributed by atoms with Crippen molar-refractivity contribution in [1.82, 2.24) is 0 Å². The van der Waals surface area contributed by atoms with Crippen LogP contribution in [-0.2, 0) is 9.53 Å². The van der Waals surface area contributed by atoms with E-state index in [1.165, 1.54) is 14.0 Å². The predicted molar refractivity (Wildman–Crippen MR) is 59.2 cm³/mol. The normalized spacial score (nSPS) is 12.3. The number of hydrogen-bond donors (Lipinski definition) is 1. The van der Waals surface area contributed by atoms with Crippen LogP contribution in [0.4, 0.5) is 14.5 Å². The van der Waals surface area contributed by atoms with Gasteiger partial charge in [0.05, 0.1) is 10.2 Å². The molecule has 1 rings (SSSR count). The van der Waals surface area contributed by atoms with Gasteiger partial charge in [-0.3, -0.25) is 4.79 Å². The molecule has 0 aliphatic carbocycles. The molecule has 1 N–H and O–H groups in total. The lowest BCUT2D eigenvalue weighted by Crippen LogP contribution is -2.27. The van der Waals surface area contributed by atoms with E-state index >= 15 is 0 Å². The third-order valence-electron chi connectivity index (χ3n) is 1.99. The number of nitrogens with one attached hydrogen (secondary N) is 1. The molecule has 0 aliphatic rings. The zero-order chi connectivity index (χ0) is 12.3. The van der Waals surface area contributed by atoms with Crippen LogP contribution in [0.1, 0.15) is 6.92 Å². The highest BCUT2D eigenvalue weighted by Gasteiger charge is 2.15. The maximum Gasteiger partial charge on any atom is 0.253 e. The molecule has 0 saturated carbocycles. The van der Waals surface area contributed by atoms with Crippen molar-refractivity contribution >= 4 is 27.5 Å². The number of carbonyl (C=O) groups excluding carboxylic acids is 1. The van der Waals surface area contributed by atoms with Crippen molar-refractivity contribution in [2.24, 2.45) is 0 Å². The second-order valence-corrected chi connectivity index (χ2v) is 3.97. The Hall–Kier alpha value is -1.01. The van der Waals surface area contributed by atoms with Crippen molar-refractivity contribution < 1.29 is 18.3 Å². The van der Waals surface area contributed by atoms with Crippen molar-refractivity contribution in [1.29, 1.82) is 0 Å². The van der Waals surface area contributed by atoms with Gasteiger partial charge in [-0.05, 0) is 28.9 Å². The van der Waals surface area contributed by atoms with Crippen LogP contribution in [0.5, 0.6) is 0 Å². The lowest BCUT2D eigenvalue weighted by molar-refractivity contribution is -0.124. The molecular weight excluding hydrogens is 284 g/mol. The topological polar surface area (TPSA) is 38.3 Å². The lowest BCUT2D eigenvalue weighted by Gasteiger charge is -2.11.